The number of piperidine rings is 1. The molecule has 2 atom stereocenters. The van der Waals surface area contributed by atoms with Crippen LogP contribution in [0.1, 0.15) is 38.7 Å². The van der Waals surface area contributed by atoms with Gasteiger partial charge in [0.15, 0.2) is 5.60 Å². The van der Waals surface area contributed by atoms with Gasteiger partial charge in [0.05, 0.1) is 4.90 Å². The van der Waals surface area contributed by atoms with Crippen molar-refractivity contribution in [2.75, 3.05) is 6.54 Å². The van der Waals surface area contributed by atoms with Gasteiger partial charge in [0, 0.05) is 12.6 Å². The third-order valence-corrected chi connectivity index (χ3v) is 6.34. The molecular formula is C15H20F3NO3S. The van der Waals surface area contributed by atoms with Crippen molar-refractivity contribution >= 4 is 10.0 Å². The predicted molar refractivity (Wildman–Crippen MR) is 79.3 cm³/mol. The van der Waals surface area contributed by atoms with Gasteiger partial charge in [0.25, 0.3) is 0 Å². The predicted octanol–water partition coefficient (Wildman–Crippen LogP) is 3.02. The molecule has 0 saturated carbocycles. The third-order valence-electron chi connectivity index (χ3n) is 4.32. The van der Waals surface area contributed by atoms with Crippen LogP contribution in [-0.2, 0) is 15.6 Å². The van der Waals surface area contributed by atoms with Crippen molar-refractivity contribution in [1.82, 2.24) is 4.31 Å². The van der Waals surface area contributed by atoms with Crippen molar-refractivity contribution in [3.8, 4) is 0 Å². The maximum atomic E-state index is 12.8. The topological polar surface area (TPSA) is 57.6 Å². The van der Waals surface area contributed by atoms with Gasteiger partial charge in [0.2, 0.25) is 10.0 Å². The van der Waals surface area contributed by atoms with E-state index < -0.39 is 27.4 Å². The summed E-state index contributed by atoms with van der Waals surface area (Å²) in [4.78, 5) is -0.0621. The second-order valence-corrected chi connectivity index (χ2v) is 7.95. The molecule has 1 unspecified atom stereocenters. The number of benzene rings is 1. The van der Waals surface area contributed by atoms with Crippen LogP contribution in [0.15, 0.2) is 29.2 Å². The summed E-state index contributed by atoms with van der Waals surface area (Å²) < 4.78 is 65.0. The van der Waals surface area contributed by atoms with Gasteiger partial charge >= 0.3 is 6.18 Å². The monoisotopic (exact) mass is 351 g/mol. The molecule has 1 aromatic rings. The molecule has 130 valence electrons. The number of nitrogens with zero attached hydrogens (tertiary/aromatic N) is 1. The van der Waals surface area contributed by atoms with Crippen LogP contribution in [-0.4, -0.2) is 36.6 Å². The number of aliphatic hydroxyl groups is 1. The highest BCUT2D eigenvalue weighted by atomic mass is 32.2. The van der Waals surface area contributed by atoms with Crippen molar-refractivity contribution in [2.45, 2.75) is 55.8 Å². The summed E-state index contributed by atoms with van der Waals surface area (Å²) >= 11 is 0. The summed E-state index contributed by atoms with van der Waals surface area (Å²) in [7, 11) is -3.74. The van der Waals surface area contributed by atoms with Gasteiger partial charge in [-0.3, -0.25) is 0 Å². The second kappa shape index (κ2) is 6.07. The fourth-order valence-corrected chi connectivity index (χ4v) is 4.38. The normalized spacial score (nSPS) is 23.5. The number of halogens is 3. The Labute approximate surface area is 134 Å². The first kappa shape index (κ1) is 18.2. The largest absolute Gasteiger partial charge is 0.421 e. The zero-order valence-corrected chi connectivity index (χ0v) is 13.8. The van der Waals surface area contributed by atoms with Crippen LogP contribution in [0, 0.1) is 0 Å². The summed E-state index contributed by atoms with van der Waals surface area (Å²) in [6.07, 6.45) is -2.35. The fraction of sp³-hybridized carbons (Fsp3) is 0.600. The molecule has 8 heteroatoms. The quantitative estimate of drug-likeness (QED) is 0.911. The lowest BCUT2D eigenvalue weighted by Crippen LogP contribution is -2.42. The van der Waals surface area contributed by atoms with Gasteiger partial charge in [-0.25, -0.2) is 8.42 Å². The minimum atomic E-state index is -4.84. The molecule has 0 radical (unpaired) electrons. The van der Waals surface area contributed by atoms with E-state index in [0.717, 1.165) is 43.5 Å². The van der Waals surface area contributed by atoms with Crippen molar-refractivity contribution in [3.63, 3.8) is 0 Å². The van der Waals surface area contributed by atoms with Crippen LogP contribution in [0.25, 0.3) is 0 Å². The van der Waals surface area contributed by atoms with E-state index in [4.69, 9.17) is 0 Å². The average molecular weight is 351 g/mol. The van der Waals surface area contributed by atoms with Gasteiger partial charge in [-0.15, -0.1) is 0 Å². The van der Waals surface area contributed by atoms with Crippen molar-refractivity contribution < 1.29 is 26.7 Å². The van der Waals surface area contributed by atoms with Crippen LogP contribution in [0.5, 0.6) is 0 Å². The lowest BCUT2D eigenvalue weighted by atomic mass is 9.96. The standard InChI is InChI=1S/C15H20F3NO3S/c1-11-5-3-4-10-19(11)23(21,22)13-8-6-12(7-9-13)14(2,20)15(16,17)18/h6-9,11,20H,3-5,10H2,1-2H3/t11-,14?/m0/s1. The van der Waals surface area contributed by atoms with E-state index in [1.807, 2.05) is 6.92 Å². The van der Waals surface area contributed by atoms with Crippen molar-refractivity contribution in [2.24, 2.45) is 0 Å². The molecule has 0 bridgehead atoms. The molecule has 1 saturated heterocycles. The first-order valence-corrected chi connectivity index (χ1v) is 8.83. The SMILES string of the molecule is C[C@H]1CCCCN1S(=O)(=O)c1ccc(C(C)(O)C(F)(F)F)cc1. The smallest absolute Gasteiger partial charge is 0.376 e. The highest BCUT2D eigenvalue weighted by molar-refractivity contribution is 7.89. The van der Waals surface area contributed by atoms with Crippen molar-refractivity contribution in [3.05, 3.63) is 29.8 Å². The first-order chi connectivity index (χ1) is 10.5. The molecule has 23 heavy (non-hydrogen) atoms. The van der Waals surface area contributed by atoms with Crippen LogP contribution < -0.4 is 0 Å². The highest BCUT2D eigenvalue weighted by Crippen LogP contribution is 2.38. The Morgan fingerprint density at radius 3 is 2.22 bits per heavy atom. The molecule has 0 aromatic heterocycles. The van der Waals surface area contributed by atoms with Gasteiger partial charge < -0.3 is 5.11 Å². The van der Waals surface area contributed by atoms with Crippen molar-refractivity contribution in [1.29, 1.82) is 0 Å². The van der Waals surface area contributed by atoms with Crippen LogP contribution >= 0.6 is 0 Å². The summed E-state index contributed by atoms with van der Waals surface area (Å²) in [5.74, 6) is 0. The van der Waals surface area contributed by atoms with E-state index in [0.29, 0.717) is 13.5 Å². The maximum absolute atomic E-state index is 12.8. The number of hydrogen-bond acceptors (Lipinski definition) is 3. The van der Waals surface area contributed by atoms with E-state index >= 15 is 0 Å². The van der Waals surface area contributed by atoms with Gasteiger partial charge in [-0.05, 0) is 44.4 Å². The Hall–Kier alpha value is -1.12. The molecular weight excluding hydrogens is 331 g/mol. The second-order valence-electron chi connectivity index (χ2n) is 6.05. The van der Waals surface area contributed by atoms with Crippen LogP contribution in [0.3, 0.4) is 0 Å². The van der Waals surface area contributed by atoms with E-state index in [2.05, 4.69) is 0 Å². The summed E-state index contributed by atoms with van der Waals surface area (Å²) in [6, 6.07) is 4.12. The Morgan fingerprint density at radius 1 is 1.17 bits per heavy atom. The Bertz CT molecular complexity index is 654. The van der Waals surface area contributed by atoms with Gasteiger partial charge in [-0.2, -0.15) is 17.5 Å². The Balaban J connectivity index is 2.32. The van der Waals surface area contributed by atoms with E-state index in [1.54, 1.807) is 0 Å². The molecule has 4 nitrogen and oxygen atoms in total. The van der Waals surface area contributed by atoms with Gasteiger partial charge in [0.1, 0.15) is 0 Å². The maximum Gasteiger partial charge on any atom is 0.421 e. The summed E-state index contributed by atoms with van der Waals surface area (Å²) in [5, 5.41) is 9.62. The van der Waals surface area contributed by atoms with Crippen LogP contribution in [0.2, 0.25) is 0 Å². The summed E-state index contributed by atoms with van der Waals surface area (Å²) in [6.45, 7) is 2.87. The molecule has 1 aliphatic rings. The number of hydrogen-bond donors (Lipinski definition) is 1. The average Bonchev–Trinajstić information content (AvgIpc) is 2.46. The zero-order valence-electron chi connectivity index (χ0n) is 13.0. The molecule has 1 N–H and O–H groups in total. The molecule has 1 aliphatic heterocycles. The number of sulfonamides is 1. The zero-order chi connectivity index (χ0) is 17.5. The van der Waals surface area contributed by atoms with E-state index in [-0.39, 0.29) is 10.9 Å². The molecule has 0 spiro atoms. The number of rotatable bonds is 3. The molecule has 1 aromatic carbocycles. The molecule has 2 rings (SSSR count). The first-order valence-electron chi connectivity index (χ1n) is 7.39. The molecule has 0 aliphatic carbocycles. The highest BCUT2D eigenvalue weighted by Gasteiger charge is 2.51. The molecule has 0 amide bonds. The minimum Gasteiger partial charge on any atom is -0.376 e. The third kappa shape index (κ3) is 3.39. The molecule has 1 heterocycles. The minimum absolute atomic E-state index is 0.0621. The Morgan fingerprint density at radius 2 is 1.74 bits per heavy atom. The number of alkyl halides is 3. The fourth-order valence-electron chi connectivity index (χ4n) is 2.68. The lowest BCUT2D eigenvalue weighted by Gasteiger charge is -2.32. The van der Waals surface area contributed by atoms with E-state index in [1.165, 1.54) is 4.31 Å². The Kier molecular flexibility index (Phi) is 4.81. The molecule has 1 fully saturated rings. The van der Waals surface area contributed by atoms with Crippen LogP contribution in [0.4, 0.5) is 13.2 Å². The lowest BCUT2D eigenvalue weighted by molar-refractivity contribution is -0.258. The summed E-state index contributed by atoms with van der Waals surface area (Å²) in [5.41, 5.74) is -3.41. The van der Waals surface area contributed by atoms with E-state index in [9.17, 15) is 26.7 Å². The van der Waals surface area contributed by atoms with Gasteiger partial charge in [-0.1, -0.05) is 18.6 Å².